The summed E-state index contributed by atoms with van der Waals surface area (Å²) in [5, 5.41) is 5.32. The van der Waals surface area contributed by atoms with Gasteiger partial charge in [-0.3, -0.25) is 5.32 Å². The van der Waals surface area contributed by atoms with Crippen LogP contribution in [0.1, 0.15) is 20.8 Å². The predicted octanol–water partition coefficient (Wildman–Crippen LogP) is 5.02. The third kappa shape index (κ3) is 6.01. The zero-order valence-corrected chi connectivity index (χ0v) is 18.2. The van der Waals surface area contributed by atoms with Crippen LogP contribution in [0.5, 0.6) is 5.75 Å². The van der Waals surface area contributed by atoms with E-state index in [0.717, 1.165) is 6.07 Å². The number of hydrogen-bond acceptors (Lipinski definition) is 7. The molecule has 0 aliphatic rings. The van der Waals surface area contributed by atoms with Crippen molar-refractivity contribution in [3.63, 3.8) is 0 Å². The van der Waals surface area contributed by atoms with E-state index in [0.29, 0.717) is 17.9 Å². The van der Waals surface area contributed by atoms with Crippen molar-refractivity contribution < 1.29 is 27.8 Å². The lowest BCUT2D eigenvalue weighted by Gasteiger charge is -2.19. The number of anilines is 3. The maximum absolute atomic E-state index is 14.8. The van der Waals surface area contributed by atoms with Gasteiger partial charge in [0.05, 0.1) is 23.2 Å². The molecule has 0 spiro atoms. The standard InChI is InChI=1S/C22H24F2N4O4/c1-22(2,3)32-21(29)27-13-5-6-17(15(23)9-13)28-20-19-16(24)10-14(31-8-7-30-4)11-18(19)25-12-26-20/h5-6,9-12H,7-8H2,1-4H3,(H,27,29)(H,25,26,28). The van der Waals surface area contributed by atoms with E-state index in [4.69, 9.17) is 14.2 Å². The van der Waals surface area contributed by atoms with E-state index in [1.807, 2.05) is 0 Å². The van der Waals surface area contributed by atoms with Crippen molar-refractivity contribution in [2.45, 2.75) is 26.4 Å². The summed E-state index contributed by atoms with van der Waals surface area (Å²) in [4.78, 5) is 20.0. The Balaban J connectivity index is 1.81. The molecule has 0 bridgehead atoms. The highest BCUT2D eigenvalue weighted by molar-refractivity contribution is 5.92. The van der Waals surface area contributed by atoms with Crippen LogP contribution in [0.15, 0.2) is 36.7 Å². The molecule has 0 atom stereocenters. The van der Waals surface area contributed by atoms with E-state index < -0.39 is 23.3 Å². The summed E-state index contributed by atoms with van der Waals surface area (Å²) in [6.07, 6.45) is 0.532. The summed E-state index contributed by atoms with van der Waals surface area (Å²) in [6, 6.07) is 6.77. The fourth-order valence-electron chi connectivity index (χ4n) is 2.78. The molecule has 32 heavy (non-hydrogen) atoms. The largest absolute Gasteiger partial charge is 0.491 e. The summed E-state index contributed by atoms with van der Waals surface area (Å²) in [5.74, 6) is -0.921. The molecule has 1 amide bonds. The Bertz CT molecular complexity index is 1120. The lowest BCUT2D eigenvalue weighted by atomic mass is 10.2. The van der Waals surface area contributed by atoms with Gasteiger partial charge in [0.15, 0.2) is 0 Å². The summed E-state index contributed by atoms with van der Waals surface area (Å²) < 4.78 is 44.9. The number of rotatable bonds is 7. The lowest BCUT2D eigenvalue weighted by molar-refractivity contribution is 0.0636. The van der Waals surface area contributed by atoms with Crippen molar-refractivity contribution in [1.29, 1.82) is 0 Å². The Morgan fingerprint density at radius 3 is 2.53 bits per heavy atom. The summed E-state index contributed by atoms with van der Waals surface area (Å²) in [7, 11) is 1.54. The van der Waals surface area contributed by atoms with Crippen molar-refractivity contribution in [3.05, 3.63) is 48.3 Å². The molecule has 3 aromatic rings. The maximum Gasteiger partial charge on any atom is 0.412 e. The molecular formula is C22H24F2N4O4. The van der Waals surface area contributed by atoms with Crippen LogP contribution in [-0.4, -0.2) is 42.0 Å². The van der Waals surface area contributed by atoms with Crippen molar-refractivity contribution >= 4 is 34.2 Å². The molecule has 1 aromatic heterocycles. The van der Waals surface area contributed by atoms with Gasteiger partial charge < -0.3 is 19.5 Å². The summed E-state index contributed by atoms with van der Waals surface area (Å²) in [5.41, 5.74) is -0.145. The molecule has 170 valence electrons. The average Bonchev–Trinajstić information content (AvgIpc) is 2.68. The molecule has 0 aliphatic heterocycles. The highest BCUT2D eigenvalue weighted by Gasteiger charge is 2.17. The first-order valence-corrected chi connectivity index (χ1v) is 9.79. The quantitative estimate of drug-likeness (QED) is 0.492. The summed E-state index contributed by atoms with van der Waals surface area (Å²) in [6.45, 7) is 5.78. The normalized spacial score (nSPS) is 11.3. The van der Waals surface area contributed by atoms with Gasteiger partial charge in [-0.2, -0.15) is 0 Å². The smallest absolute Gasteiger partial charge is 0.412 e. The molecule has 0 saturated carbocycles. The number of halogens is 2. The topological polar surface area (TPSA) is 94.6 Å². The van der Waals surface area contributed by atoms with Crippen LogP contribution in [0.3, 0.4) is 0 Å². The van der Waals surface area contributed by atoms with E-state index in [9.17, 15) is 13.6 Å². The number of ether oxygens (including phenoxy) is 3. The van der Waals surface area contributed by atoms with Gasteiger partial charge in [-0.05, 0) is 39.0 Å². The van der Waals surface area contributed by atoms with Gasteiger partial charge in [-0.15, -0.1) is 0 Å². The molecular weight excluding hydrogens is 422 g/mol. The minimum absolute atomic E-state index is 0.0413. The van der Waals surface area contributed by atoms with Gasteiger partial charge >= 0.3 is 6.09 Å². The number of benzene rings is 2. The predicted molar refractivity (Wildman–Crippen MR) is 116 cm³/mol. The van der Waals surface area contributed by atoms with Crippen LogP contribution in [0.4, 0.5) is 30.8 Å². The van der Waals surface area contributed by atoms with Crippen LogP contribution in [0, 0.1) is 11.6 Å². The fraction of sp³-hybridized carbons (Fsp3) is 0.318. The SMILES string of the molecule is COCCOc1cc(F)c2c(Nc3ccc(NC(=O)OC(C)(C)C)cc3F)ncnc2c1. The van der Waals surface area contributed by atoms with E-state index >= 15 is 0 Å². The number of aromatic nitrogens is 2. The second kappa shape index (κ2) is 9.73. The Morgan fingerprint density at radius 1 is 1.06 bits per heavy atom. The zero-order chi connectivity index (χ0) is 23.3. The molecule has 1 heterocycles. The van der Waals surface area contributed by atoms with E-state index in [1.54, 1.807) is 26.8 Å². The van der Waals surface area contributed by atoms with E-state index in [-0.39, 0.29) is 29.2 Å². The fourth-order valence-corrected chi connectivity index (χ4v) is 2.78. The first-order valence-electron chi connectivity index (χ1n) is 9.79. The number of amides is 1. The van der Waals surface area contributed by atoms with Crippen LogP contribution in [0.25, 0.3) is 10.9 Å². The Labute approximate surface area is 183 Å². The molecule has 0 aliphatic carbocycles. The first kappa shape index (κ1) is 23.1. The maximum atomic E-state index is 14.8. The summed E-state index contributed by atoms with van der Waals surface area (Å²) >= 11 is 0. The number of carbonyl (C=O) groups is 1. The first-order chi connectivity index (χ1) is 15.2. The Morgan fingerprint density at radius 2 is 1.84 bits per heavy atom. The average molecular weight is 446 g/mol. The van der Waals surface area contributed by atoms with Crippen LogP contribution >= 0.6 is 0 Å². The highest BCUT2D eigenvalue weighted by atomic mass is 19.1. The van der Waals surface area contributed by atoms with Crippen molar-refractivity contribution in [2.75, 3.05) is 31.0 Å². The van der Waals surface area contributed by atoms with Gasteiger partial charge in [0, 0.05) is 24.9 Å². The third-order valence-electron chi connectivity index (χ3n) is 4.09. The van der Waals surface area contributed by atoms with Crippen molar-refractivity contribution in [3.8, 4) is 5.75 Å². The molecule has 0 fully saturated rings. The van der Waals surface area contributed by atoms with Crippen LogP contribution in [0.2, 0.25) is 0 Å². The number of nitrogens with one attached hydrogen (secondary N) is 2. The van der Waals surface area contributed by atoms with E-state index in [1.165, 1.54) is 31.6 Å². The molecule has 0 saturated heterocycles. The third-order valence-corrected chi connectivity index (χ3v) is 4.09. The Kier molecular flexibility index (Phi) is 7.04. The van der Waals surface area contributed by atoms with Crippen LogP contribution < -0.4 is 15.4 Å². The molecule has 8 nitrogen and oxygen atoms in total. The number of methoxy groups -OCH3 is 1. The minimum atomic E-state index is -0.704. The molecule has 3 rings (SSSR count). The molecule has 0 radical (unpaired) electrons. The number of fused-ring (bicyclic) bond motifs is 1. The number of carbonyl (C=O) groups excluding carboxylic acids is 1. The zero-order valence-electron chi connectivity index (χ0n) is 18.2. The second-order valence-corrected chi connectivity index (χ2v) is 7.81. The number of nitrogens with zero attached hydrogens (tertiary/aromatic N) is 2. The Hall–Kier alpha value is -3.53. The molecule has 2 aromatic carbocycles. The van der Waals surface area contributed by atoms with Gasteiger partial charge in [0.25, 0.3) is 0 Å². The van der Waals surface area contributed by atoms with E-state index in [2.05, 4.69) is 20.6 Å². The van der Waals surface area contributed by atoms with Gasteiger partial charge in [-0.1, -0.05) is 0 Å². The number of hydrogen-bond donors (Lipinski definition) is 2. The van der Waals surface area contributed by atoms with Gasteiger partial charge in [-0.25, -0.2) is 23.5 Å². The highest BCUT2D eigenvalue weighted by Crippen LogP contribution is 2.30. The van der Waals surface area contributed by atoms with Crippen molar-refractivity contribution in [2.24, 2.45) is 0 Å². The minimum Gasteiger partial charge on any atom is -0.491 e. The van der Waals surface area contributed by atoms with Gasteiger partial charge in [0.2, 0.25) is 0 Å². The molecule has 10 heteroatoms. The lowest BCUT2D eigenvalue weighted by Crippen LogP contribution is -2.27. The van der Waals surface area contributed by atoms with Crippen LogP contribution in [-0.2, 0) is 9.47 Å². The van der Waals surface area contributed by atoms with Crippen molar-refractivity contribution in [1.82, 2.24) is 9.97 Å². The monoisotopic (exact) mass is 446 g/mol. The van der Waals surface area contributed by atoms with Gasteiger partial charge in [0.1, 0.15) is 41.7 Å². The molecule has 2 N–H and O–H groups in total. The molecule has 0 unspecified atom stereocenters. The second-order valence-electron chi connectivity index (χ2n) is 7.81.